The van der Waals surface area contributed by atoms with E-state index in [9.17, 15) is 0 Å². The molecule has 0 amide bonds. The van der Waals surface area contributed by atoms with Crippen molar-refractivity contribution in [2.24, 2.45) is 0 Å². The van der Waals surface area contributed by atoms with Crippen molar-refractivity contribution in [2.75, 3.05) is 14.2 Å². The lowest BCUT2D eigenvalue weighted by Crippen LogP contribution is -2.05. The van der Waals surface area contributed by atoms with Crippen molar-refractivity contribution in [3.05, 3.63) is 29.5 Å². The fraction of sp³-hybridized carbons (Fsp3) is 0.333. The van der Waals surface area contributed by atoms with E-state index in [0.717, 1.165) is 17.8 Å². The number of methoxy groups -OCH3 is 1. The fourth-order valence-electron chi connectivity index (χ4n) is 1.90. The lowest BCUT2D eigenvalue weighted by Gasteiger charge is -2.01. The standard InChI is InChI=1S/C12H16N2O/c1-8-11(7-13-2)10-5-4-9(15-3)6-12(10)14-8/h4-6,13-14H,7H2,1-3H3. The van der Waals surface area contributed by atoms with E-state index in [4.69, 9.17) is 4.74 Å². The molecule has 0 spiro atoms. The van der Waals surface area contributed by atoms with Crippen LogP contribution in [0.4, 0.5) is 0 Å². The molecule has 0 aliphatic rings. The van der Waals surface area contributed by atoms with Gasteiger partial charge in [-0.25, -0.2) is 0 Å². The number of nitrogens with one attached hydrogen (secondary N) is 2. The van der Waals surface area contributed by atoms with E-state index in [2.05, 4.69) is 23.3 Å². The van der Waals surface area contributed by atoms with Crippen LogP contribution in [0.2, 0.25) is 0 Å². The number of aromatic nitrogens is 1. The quantitative estimate of drug-likeness (QED) is 0.804. The summed E-state index contributed by atoms with van der Waals surface area (Å²) in [5.74, 6) is 0.889. The number of H-pyrrole nitrogens is 1. The molecule has 80 valence electrons. The van der Waals surface area contributed by atoms with Gasteiger partial charge in [0, 0.05) is 29.2 Å². The van der Waals surface area contributed by atoms with Crippen LogP contribution in [0.5, 0.6) is 5.75 Å². The van der Waals surface area contributed by atoms with Crippen LogP contribution in [0, 0.1) is 6.92 Å². The van der Waals surface area contributed by atoms with E-state index < -0.39 is 0 Å². The topological polar surface area (TPSA) is 37.0 Å². The third-order valence-electron chi connectivity index (χ3n) is 2.68. The first-order valence-corrected chi connectivity index (χ1v) is 5.06. The Balaban J connectivity index is 2.58. The molecule has 0 aliphatic carbocycles. The maximum atomic E-state index is 5.20. The Kier molecular flexibility index (Phi) is 2.64. The van der Waals surface area contributed by atoms with Crippen molar-refractivity contribution in [3.8, 4) is 5.75 Å². The molecule has 0 fully saturated rings. The average molecular weight is 204 g/mol. The van der Waals surface area contributed by atoms with Crippen LogP contribution in [-0.2, 0) is 6.54 Å². The summed E-state index contributed by atoms with van der Waals surface area (Å²) in [7, 11) is 3.65. The van der Waals surface area contributed by atoms with Gasteiger partial charge >= 0.3 is 0 Å². The number of fused-ring (bicyclic) bond motifs is 1. The third kappa shape index (κ3) is 1.70. The smallest absolute Gasteiger partial charge is 0.120 e. The zero-order valence-corrected chi connectivity index (χ0v) is 9.35. The van der Waals surface area contributed by atoms with Crippen LogP contribution in [0.1, 0.15) is 11.3 Å². The largest absolute Gasteiger partial charge is 0.497 e. The molecule has 0 saturated heterocycles. The van der Waals surface area contributed by atoms with E-state index in [1.54, 1.807) is 7.11 Å². The van der Waals surface area contributed by atoms with Gasteiger partial charge in [-0.3, -0.25) is 0 Å². The number of hydrogen-bond donors (Lipinski definition) is 2. The third-order valence-corrected chi connectivity index (χ3v) is 2.68. The van der Waals surface area contributed by atoms with E-state index in [-0.39, 0.29) is 0 Å². The highest BCUT2D eigenvalue weighted by Gasteiger charge is 2.07. The van der Waals surface area contributed by atoms with Gasteiger partial charge in [-0.15, -0.1) is 0 Å². The molecule has 0 saturated carbocycles. The summed E-state index contributed by atoms with van der Waals surface area (Å²) in [4.78, 5) is 3.37. The second-order valence-corrected chi connectivity index (χ2v) is 3.67. The first-order valence-electron chi connectivity index (χ1n) is 5.06. The number of ether oxygens (including phenoxy) is 1. The van der Waals surface area contributed by atoms with Crippen LogP contribution < -0.4 is 10.1 Å². The molecule has 15 heavy (non-hydrogen) atoms. The van der Waals surface area contributed by atoms with Crippen molar-refractivity contribution < 1.29 is 4.74 Å². The number of hydrogen-bond acceptors (Lipinski definition) is 2. The Morgan fingerprint density at radius 2 is 2.20 bits per heavy atom. The van der Waals surface area contributed by atoms with Gasteiger partial charge in [-0.05, 0) is 31.7 Å². The molecule has 2 N–H and O–H groups in total. The minimum Gasteiger partial charge on any atom is -0.497 e. The highest BCUT2D eigenvalue weighted by atomic mass is 16.5. The van der Waals surface area contributed by atoms with Crippen molar-refractivity contribution in [1.29, 1.82) is 0 Å². The minimum atomic E-state index is 0.887. The Morgan fingerprint density at radius 1 is 1.40 bits per heavy atom. The van der Waals surface area contributed by atoms with E-state index in [1.807, 2.05) is 19.2 Å². The lowest BCUT2D eigenvalue weighted by atomic mass is 10.1. The van der Waals surface area contributed by atoms with Crippen molar-refractivity contribution in [1.82, 2.24) is 10.3 Å². The van der Waals surface area contributed by atoms with Crippen LogP contribution >= 0.6 is 0 Å². The molecule has 1 aromatic carbocycles. The Hall–Kier alpha value is -1.48. The van der Waals surface area contributed by atoms with E-state index >= 15 is 0 Å². The molecular weight excluding hydrogens is 188 g/mol. The van der Waals surface area contributed by atoms with E-state index in [0.29, 0.717) is 0 Å². The van der Waals surface area contributed by atoms with Crippen LogP contribution in [0.25, 0.3) is 10.9 Å². The van der Waals surface area contributed by atoms with Crippen molar-refractivity contribution in [2.45, 2.75) is 13.5 Å². The summed E-state index contributed by atoms with van der Waals surface area (Å²) in [6, 6.07) is 6.13. The van der Waals surface area contributed by atoms with E-state index in [1.165, 1.54) is 16.6 Å². The highest BCUT2D eigenvalue weighted by Crippen LogP contribution is 2.25. The Bertz CT molecular complexity index is 474. The Morgan fingerprint density at radius 3 is 2.87 bits per heavy atom. The summed E-state index contributed by atoms with van der Waals surface area (Å²) >= 11 is 0. The molecule has 2 aromatic rings. The zero-order valence-electron chi connectivity index (χ0n) is 9.35. The summed E-state index contributed by atoms with van der Waals surface area (Å²) in [5.41, 5.74) is 3.68. The molecule has 0 atom stereocenters. The van der Waals surface area contributed by atoms with Gasteiger partial charge in [0.05, 0.1) is 7.11 Å². The summed E-state index contributed by atoms with van der Waals surface area (Å²) in [5, 5.41) is 4.45. The molecule has 2 rings (SSSR count). The fourth-order valence-corrected chi connectivity index (χ4v) is 1.90. The lowest BCUT2D eigenvalue weighted by molar-refractivity contribution is 0.415. The summed E-state index contributed by atoms with van der Waals surface area (Å²) in [6.45, 7) is 2.98. The van der Waals surface area contributed by atoms with Crippen molar-refractivity contribution >= 4 is 10.9 Å². The van der Waals surface area contributed by atoms with Gasteiger partial charge < -0.3 is 15.0 Å². The molecule has 1 heterocycles. The number of aromatic amines is 1. The maximum Gasteiger partial charge on any atom is 0.120 e. The maximum absolute atomic E-state index is 5.20. The first-order chi connectivity index (χ1) is 7.26. The molecule has 0 unspecified atom stereocenters. The van der Waals surface area contributed by atoms with Crippen molar-refractivity contribution in [3.63, 3.8) is 0 Å². The predicted octanol–water partition coefficient (Wildman–Crippen LogP) is 2.20. The normalized spacial score (nSPS) is 10.9. The molecule has 0 radical (unpaired) electrons. The molecule has 0 bridgehead atoms. The molecule has 1 aromatic heterocycles. The first kappa shape index (κ1) is 10.1. The van der Waals surface area contributed by atoms with Gasteiger partial charge in [0.25, 0.3) is 0 Å². The monoisotopic (exact) mass is 204 g/mol. The van der Waals surface area contributed by atoms with Gasteiger partial charge in [-0.2, -0.15) is 0 Å². The minimum absolute atomic E-state index is 0.887. The van der Waals surface area contributed by atoms with Gasteiger partial charge in [0.15, 0.2) is 0 Å². The second-order valence-electron chi connectivity index (χ2n) is 3.67. The number of benzene rings is 1. The van der Waals surface area contributed by atoms with Gasteiger partial charge in [0.2, 0.25) is 0 Å². The summed E-state index contributed by atoms with van der Waals surface area (Å²) < 4.78 is 5.20. The van der Waals surface area contributed by atoms with Gasteiger partial charge in [-0.1, -0.05) is 0 Å². The SMILES string of the molecule is CNCc1c(C)[nH]c2cc(OC)ccc12. The van der Waals surface area contributed by atoms with Crippen LogP contribution in [0.3, 0.4) is 0 Å². The predicted molar refractivity (Wildman–Crippen MR) is 62.4 cm³/mol. The van der Waals surface area contributed by atoms with Gasteiger partial charge in [0.1, 0.15) is 5.75 Å². The number of aryl methyl sites for hydroxylation is 1. The molecule has 3 heteroatoms. The highest BCUT2D eigenvalue weighted by molar-refractivity contribution is 5.85. The summed E-state index contributed by atoms with van der Waals surface area (Å²) in [6.07, 6.45) is 0. The van der Waals surface area contributed by atoms with Crippen LogP contribution in [0.15, 0.2) is 18.2 Å². The van der Waals surface area contributed by atoms with Crippen LogP contribution in [-0.4, -0.2) is 19.1 Å². The zero-order chi connectivity index (χ0) is 10.8. The molecule has 3 nitrogen and oxygen atoms in total. The molecule has 0 aliphatic heterocycles. The Labute approximate surface area is 89.4 Å². The molecular formula is C12H16N2O. The number of rotatable bonds is 3. The average Bonchev–Trinajstić information content (AvgIpc) is 2.55. The second kappa shape index (κ2) is 3.95.